The maximum atomic E-state index is 8.78. The second kappa shape index (κ2) is 17.1. The molecular weight excluding hydrogens is 476 g/mol. The van der Waals surface area contributed by atoms with Crippen molar-refractivity contribution in [1.29, 1.82) is 0 Å². The van der Waals surface area contributed by atoms with Crippen LogP contribution in [0, 0.1) is 0 Å². The Kier molecular flexibility index (Phi) is 13.5. The number of anilines is 1. The van der Waals surface area contributed by atoms with Gasteiger partial charge in [0.05, 0.1) is 6.61 Å². The van der Waals surface area contributed by atoms with E-state index in [0.29, 0.717) is 13.2 Å². The van der Waals surface area contributed by atoms with E-state index in [-0.39, 0.29) is 6.61 Å². The Labute approximate surface area is 228 Å². The van der Waals surface area contributed by atoms with Gasteiger partial charge in [0.25, 0.3) is 0 Å². The molecule has 1 aliphatic heterocycles. The van der Waals surface area contributed by atoms with Crippen LogP contribution in [0.25, 0.3) is 11.1 Å². The van der Waals surface area contributed by atoms with Crippen molar-refractivity contribution in [2.45, 2.75) is 45.3 Å². The van der Waals surface area contributed by atoms with Crippen molar-refractivity contribution in [2.24, 2.45) is 0 Å². The molecule has 1 aliphatic rings. The highest BCUT2D eigenvalue weighted by atomic mass is 32.2. The number of piperidine rings is 1. The summed E-state index contributed by atoms with van der Waals surface area (Å²) >= 11 is 2.01. The Balaban J connectivity index is 0.00000186. The van der Waals surface area contributed by atoms with E-state index in [1.165, 1.54) is 60.3 Å². The average molecular weight is 521 g/mol. The van der Waals surface area contributed by atoms with Crippen LogP contribution < -0.4 is 15.0 Å². The molecule has 1 fully saturated rings. The minimum absolute atomic E-state index is 0.152. The fourth-order valence-electron chi connectivity index (χ4n) is 4.42. The van der Waals surface area contributed by atoms with Crippen LogP contribution >= 0.6 is 11.8 Å². The standard InChI is InChI=1S/C30H38N2O2S.C2H6/c33-20-16-31-17-21-34-30-13-11-28(12-14-30)27-9-7-26(8-10-27)24-35-22-15-25-5-4-6-29(23-25)32-18-2-1-3-19-32;1-2/h4-14,23,31,33H,1-3,15-22,24H2;1-2H3. The summed E-state index contributed by atoms with van der Waals surface area (Å²) in [5, 5.41) is 11.9. The summed E-state index contributed by atoms with van der Waals surface area (Å²) in [6, 6.07) is 26.3. The first kappa shape index (κ1) is 29.1. The molecule has 0 aliphatic carbocycles. The van der Waals surface area contributed by atoms with Gasteiger partial charge in [0, 0.05) is 37.6 Å². The summed E-state index contributed by atoms with van der Waals surface area (Å²) in [5.74, 6) is 3.06. The minimum Gasteiger partial charge on any atom is -0.492 e. The van der Waals surface area contributed by atoms with Crippen molar-refractivity contribution in [1.82, 2.24) is 5.32 Å². The van der Waals surface area contributed by atoms with Crippen LogP contribution in [-0.2, 0) is 12.2 Å². The predicted octanol–water partition coefficient (Wildman–Crippen LogP) is 6.81. The van der Waals surface area contributed by atoms with Gasteiger partial charge in [-0.3, -0.25) is 0 Å². The lowest BCUT2D eigenvalue weighted by atomic mass is 10.0. The summed E-state index contributed by atoms with van der Waals surface area (Å²) < 4.78 is 5.74. The highest BCUT2D eigenvalue weighted by Crippen LogP contribution is 2.25. The molecule has 5 heteroatoms. The number of nitrogens with zero attached hydrogens (tertiary/aromatic N) is 1. The molecule has 3 aromatic rings. The smallest absolute Gasteiger partial charge is 0.119 e. The molecule has 0 atom stereocenters. The molecule has 1 heterocycles. The van der Waals surface area contributed by atoms with Crippen LogP contribution in [0.2, 0.25) is 0 Å². The van der Waals surface area contributed by atoms with Gasteiger partial charge in [0.2, 0.25) is 0 Å². The first-order valence-corrected chi connectivity index (χ1v) is 15.0. The van der Waals surface area contributed by atoms with E-state index in [9.17, 15) is 0 Å². The first-order chi connectivity index (χ1) is 18.3. The second-order valence-electron chi connectivity index (χ2n) is 9.06. The molecule has 3 aromatic carbocycles. The minimum atomic E-state index is 0.152. The first-order valence-electron chi connectivity index (χ1n) is 13.9. The lowest BCUT2D eigenvalue weighted by molar-refractivity contribution is 0.276. The summed E-state index contributed by atoms with van der Waals surface area (Å²) in [6.45, 7) is 8.48. The largest absolute Gasteiger partial charge is 0.492 e. The number of hydrogen-bond acceptors (Lipinski definition) is 5. The van der Waals surface area contributed by atoms with Crippen molar-refractivity contribution in [3.8, 4) is 16.9 Å². The molecule has 37 heavy (non-hydrogen) atoms. The maximum Gasteiger partial charge on any atom is 0.119 e. The molecular formula is C32H44N2O2S. The Hall–Kier alpha value is -2.47. The van der Waals surface area contributed by atoms with E-state index in [4.69, 9.17) is 9.84 Å². The van der Waals surface area contributed by atoms with Gasteiger partial charge >= 0.3 is 0 Å². The molecule has 0 spiro atoms. The van der Waals surface area contributed by atoms with Crippen LogP contribution in [0.1, 0.15) is 44.2 Å². The van der Waals surface area contributed by atoms with Gasteiger partial charge in [-0.25, -0.2) is 0 Å². The number of nitrogens with one attached hydrogen (secondary N) is 1. The van der Waals surface area contributed by atoms with Gasteiger partial charge < -0.3 is 20.1 Å². The highest BCUT2D eigenvalue weighted by Gasteiger charge is 2.11. The Morgan fingerprint density at radius 2 is 1.54 bits per heavy atom. The number of thioether (sulfide) groups is 1. The summed E-state index contributed by atoms with van der Waals surface area (Å²) in [7, 11) is 0. The van der Waals surface area contributed by atoms with Crippen molar-refractivity contribution in [2.75, 3.05) is 50.0 Å². The van der Waals surface area contributed by atoms with E-state index >= 15 is 0 Å². The normalized spacial score (nSPS) is 13.1. The molecule has 4 nitrogen and oxygen atoms in total. The van der Waals surface area contributed by atoms with Crippen molar-refractivity contribution >= 4 is 17.4 Å². The van der Waals surface area contributed by atoms with Gasteiger partial charge in [-0.05, 0) is 78.0 Å². The van der Waals surface area contributed by atoms with Crippen molar-refractivity contribution in [3.63, 3.8) is 0 Å². The fraction of sp³-hybridized carbons (Fsp3) is 0.438. The Bertz CT molecular complexity index is 1000. The van der Waals surface area contributed by atoms with Gasteiger partial charge in [-0.2, -0.15) is 11.8 Å². The molecule has 0 aromatic heterocycles. The van der Waals surface area contributed by atoms with Crippen LogP contribution in [0.3, 0.4) is 0 Å². The van der Waals surface area contributed by atoms with Crippen LogP contribution in [0.5, 0.6) is 5.75 Å². The SMILES string of the molecule is CC.OCCNCCOc1ccc(-c2ccc(CSCCc3cccc(N4CCCCC4)c3)cc2)cc1. The van der Waals surface area contributed by atoms with Gasteiger partial charge in [-0.15, -0.1) is 0 Å². The lowest BCUT2D eigenvalue weighted by Crippen LogP contribution is -2.29. The van der Waals surface area contributed by atoms with Gasteiger partial charge in [-0.1, -0.05) is 62.4 Å². The zero-order valence-corrected chi connectivity index (χ0v) is 23.4. The van der Waals surface area contributed by atoms with E-state index in [1.54, 1.807) is 0 Å². The van der Waals surface area contributed by atoms with Crippen LogP contribution in [-0.4, -0.2) is 50.3 Å². The van der Waals surface area contributed by atoms with E-state index < -0.39 is 0 Å². The van der Waals surface area contributed by atoms with E-state index in [0.717, 1.165) is 30.2 Å². The van der Waals surface area contributed by atoms with Crippen molar-refractivity contribution < 1.29 is 9.84 Å². The number of hydrogen-bond donors (Lipinski definition) is 2. The highest BCUT2D eigenvalue weighted by molar-refractivity contribution is 7.98. The molecule has 1 saturated heterocycles. The number of ether oxygens (including phenoxy) is 1. The zero-order chi connectivity index (χ0) is 26.1. The molecule has 0 bridgehead atoms. The second-order valence-corrected chi connectivity index (χ2v) is 10.2. The number of aliphatic hydroxyl groups excluding tert-OH is 1. The summed E-state index contributed by atoms with van der Waals surface area (Å²) in [6.07, 6.45) is 5.14. The number of aryl methyl sites for hydroxylation is 1. The molecule has 0 unspecified atom stereocenters. The summed E-state index contributed by atoms with van der Waals surface area (Å²) in [4.78, 5) is 2.54. The monoisotopic (exact) mass is 520 g/mol. The van der Waals surface area contributed by atoms with Crippen LogP contribution in [0.4, 0.5) is 5.69 Å². The lowest BCUT2D eigenvalue weighted by Gasteiger charge is -2.29. The maximum absolute atomic E-state index is 8.78. The average Bonchev–Trinajstić information content (AvgIpc) is 2.98. The molecule has 2 N–H and O–H groups in total. The van der Waals surface area contributed by atoms with Gasteiger partial charge in [0.1, 0.15) is 12.4 Å². The number of benzene rings is 3. The molecule has 200 valence electrons. The third-order valence-electron chi connectivity index (χ3n) is 6.41. The number of aliphatic hydroxyl groups is 1. The molecule has 4 rings (SSSR count). The molecule has 0 saturated carbocycles. The topological polar surface area (TPSA) is 44.7 Å². The summed E-state index contributed by atoms with van der Waals surface area (Å²) in [5.41, 5.74) is 6.64. The Morgan fingerprint density at radius 1 is 0.838 bits per heavy atom. The van der Waals surface area contributed by atoms with E-state index in [2.05, 4.69) is 70.9 Å². The fourth-order valence-corrected chi connectivity index (χ4v) is 5.38. The zero-order valence-electron chi connectivity index (χ0n) is 22.6. The quantitative estimate of drug-likeness (QED) is 0.243. The van der Waals surface area contributed by atoms with Gasteiger partial charge in [0.15, 0.2) is 0 Å². The number of rotatable bonds is 13. The predicted molar refractivity (Wildman–Crippen MR) is 161 cm³/mol. The van der Waals surface area contributed by atoms with Crippen molar-refractivity contribution in [3.05, 3.63) is 83.9 Å². The third-order valence-corrected chi connectivity index (χ3v) is 7.44. The molecule has 0 radical (unpaired) electrons. The Morgan fingerprint density at radius 3 is 2.24 bits per heavy atom. The van der Waals surface area contributed by atoms with Crippen LogP contribution in [0.15, 0.2) is 72.8 Å². The van der Waals surface area contributed by atoms with E-state index in [1.807, 2.05) is 37.7 Å². The molecule has 0 amide bonds. The third kappa shape index (κ3) is 10.1.